The van der Waals surface area contributed by atoms with Gasteiger partial charge in [0.2, 0.25) is 0 Å². The van der Waals surface area contributed by atoms with Crippen LogP contribution in [0.1, 0.15) is 34.6 Å². The third-order valence-corrected chi connectivity index (χ3v) is 4.30. The van der Waals surface area contributed by atoms with E-state index in [2.05, 4.69) is 22.5 Å². The Morgan fingerprint density at radius 2 is 2.09 bits per heavy atom. The summed E-state index contributed by atoms with van der Waals surface area (Å²) in [6.07, 6.45) is 1.70. The van der Waals surface area contributed by atoms with E-state index in [1.54, 1.807) is 6.20 Å². The molecule has 1 aromatic heterocycles. The number of hydrogen-bond donors (Lipinski definition) is 1. The number of aryl methyl sites for hydroxylation is 1. The lowest BCUT2D eigenvalue weighted by Gasteiger charge is -2.34. The van der Waals surface area contributed by atoms with Crippen molar-refractivity contribution < 1.29 is 4.79 Å². The minimum Gasteiger partial charge on any atom is -0.335 e. The van der Waals surface area contributed by atoms with Crippen molar-refractivity contribution in [2.45, 2.75) is 26.4 Å². The maximum absolute atomic E-state index is 12.8. The van der Waals surface area contributed by atoms with Crippen LogP contribution in [-0.2, 0) is 6.54 Å². The molecule has 1 amide bonds. The SMILES string of the molecule is CCn1ncc(C(=O)N2CCNC(c3ccccc3)C2)c1C.Cl. The first-order valence-corrected chi connectivity index (χ1v) is 7.80. The molecule has 2 heterocycles. The molecule has 0 radical (unpaired) electrons. The summed E-state index contributed by atoms with van der Waals surface area (Å²) in [7, 11) is 0. The summed E-state index contributed by atoms with van der Waals surface area (Å²) in [6.45, 7) is 7.02. The molecule has 1 aromatic carbocycles. The molecule has 1 aliphatic heterocycles. The number of rotatable bonds is 3. The van der Waals surface area contributed by atoms with Gasteiger partial charge in [0.15, 0.2) is 0 Å². The van der Waals surface area contributed by atoms with Gasteiger partial charge in [-0.15, -0.1) is 12.4 Å². The van der Waals surface area contributed by atoms with Gasteiger partial charge in [-0.25, -0.2) is 0 Å². The van der Waals surface area contributed by atoms with Gasteiger partial charge in [0.25, 0.3) is 5.91 Å². The van der Waals surface area contributed by atoms with Gasteiger partial charge >= 0.3 is 0 Å². The number of nitrogens with one attached hydrogen (secondary N) is 1. The maximum atomic E-state index is 12.8. The lowest BCUT2D eigenvalue weighted by atomic mass is 10.0. The van der Waals surface area contributed by atoms with Crippen LogP contribution in [0.15, 0.2) is 36.5 Å². The van der Waals surface area contributed by atoms with E-state index in [4.69, 9.17) is 0 Å². The molecule has 6 heteroatoms. The summed E-state index contributed by atoms with van der Waals surface area (Å²) < 4.78 is 1.87. The van der Waals surface area contributed by atoms with E-state index in [0.29, 0.717) is 6.54 Å². The van der Waals surface area contributed by atoms with E-state index in [9.17, 15) is 4.79 Å². The van der Waals surface area contributed by atoms with Gasteiger partial charge in [-0.1, -0.05) is 30.3 Å². The Labute approximate surface area is 143 Å². The zero-order valence-electron chi connectivity index (χ0n) is 13.5. The summed E-state index contributed by atoms with van der Waals surface area (Å²) in [5.74, 6) is 0.0830. The molecule has 0 bridgehead atoms. The Balaban J connectivity index is 0.00000192. The average molecular weight is 335 g/mol. The van der Waals surface area contributed by atoms with Crippen molar-refractivity contribution in [2.24, 2.45) is 0 Å². The lowest BCUT2D eigenvalue weighted by Crippen LogP contribution is -2.48. The molecule has 1 unspecified atom stereocenters. The normalized spacial score (nSPS) is 17.7. The van der Waals surface area contributed by atoms with Crippen LogP contribution in [0.5, 0.6) is 0 Å². The largest absolute Gasteiger partial charge is 0.335 e. The highest BCUT2D eigenvalue weighted by Crippen LogP contribution is 2.19. The summed E-state index contributed by atoms with van der Waals surface area (Å²) in [4.78, 5) is 14.7. The Hall–Kier alpha value is -1.85. The number of benzene rings is 1. The fraction of sp³-hybridized carbons (Fsp3) is 0.412. The fourth-order valence-electron chi connectivity index (χ4n) is 2.99. The molecule has 5 nitrogen and oxygen atoms in total. The van der Waals surface area contributed by atoms with Crippen LogP contribution in [0.4, 0.5) is 0 Å². The zero-order valence-corrected chi connectivity index (χ0v) is 14.3. The van der Waals surface area contributed by atoms with E-state index in [1.807, 2.05) is 41.6 Å². The molecular weight excluding hydrogens is 312 g/mol. The fourth-order valence-corrected chi connectivity index (χ4v) is 2.99. The first-order valence-electron chi connectivity index (χ1n) is 7.80. The molecular formula is C17H23ClN4O. The summed E-state index contributed by atoms with van der Waals surface area (Å²) in [6, 6.07) is 10.5. The van der Waals surface area contributed by atoms with Crippen molar-refractivity contribution in [3.63, 3.8) is 0 Å². The maximum Gasteiger partial charge on any atom is 0.257 e. The van der Waals surface area contributed by atoms with Crippen molar-refractivity contribution in [3.05, 3.63) is 53.3 Å². The van der Waals surface area contributed by atoms with Gasteiger partial charge in [-0.3, -0.25) is 9.48 Å². The molecule has 23 heavy (non-hydrogen) atoms. The van der Waals surface area contributed by atoms with E-state index >= 15 is 0 Å². The number of halogens is 1. The third-order valence-electron chi connectivity index (χ3n) is 4.30. The summed E-state index contributed by atoms with van der Waals surface area (Å²) in [5.41, 5.74) is 2.89. The Kier molecular flexibility index (Phi) is 5.80. The second kappa shape index (κ2) is 7.62. The number of amides is 1. The highest BCUT2D eigenvalue weighted by molar-refractivity contribution is 5.95. The minimum atomic E-state index is 0. The Morgan fingerprint density at radius 1 is 1.35 bits per heavy atom. The van der Waals surface area contributed by atoms with Crippen molar-refractivity contribution >= 4 is 18.3 Å². The van der Waals surface area contributed by atoms with Crippen LogP contribution >= 0.6 is 12.4 Å². The molecule has 1 aliphatic rings. The van der Waals surface area contributed by atoms with Crippen molar-refractivity contribution in [3.8, 4) is 0 Å². The van der Waals surface area contributed by atoms with Gasteiger partial charge in [-0.05, 0) is 19.4 Å². The highest BCUT2D eigenvalue weighted by atomic mass is 35.5. The predicted octanol–water partition coefficient (Wildman–Crippen LogP) is 2.42. The van der Waals surface area contributed by atoms with Gasteiger partial charge in [0, 0.05) is 37.9 Å². The molecule has 1 N–H and O–H groups in total. The first-order chi connectivity index (χ1) is 10.7. The molecule has 0 aliphatic carbocycles. The Morgan fingerprint density at radius 3 is 2.74 bits per heavy atom. The average Bonchev–Trinajstić information content (AvgIpc) is 2.96. The van der Waals surface area contributed by atoms with Crippen molar-refractivity contribution in [2.75, 3.05) is 19.6 Å². The van der Waals surface area contributed by atoms with Crippen LogP contribution in [-0.4, -0.2) is 40.2 Å². The highest BCUT2D eigenvalue weighted by Gasteiger charge is 2.26. The van der Waals surface area contributed by atoms with Crippen LogP contribution in [0, 0.1) is 6.92 Å². The molecule has 0 spiro atoms. The molecule has 1 fully saturated rings. The number of hydrogen-bond acceptors (Lipinski definition) is 3. The van der Waals surface area contributed by atoms with Gasteiger partial charge in [0.1, 0.15) is 0 Å². The quantitative estimate of drug-likeness (QED) is 0.937. The summed E-state index contributed by atoms with van der Waals surface area (Å²) in [5, 5.41) is 7.77. The monoisotopic (exact) mass is 334 g/mol. The number of piperazine rings is 1. The topological polar surface area (TPSA) is 50.2 Å². The smallest absolute Gasteiger partial charge is 0.257 e. The molecule has 124 valence electrons. The molecule has 2 aromatic rings. The third kappa shape index (κ3) is 3.57. The van der Waals surface area contributed by atoms with Crippen LogP contribution in [0.2, 0.25) is 0 Å². The molecule has 1 saturated heterocycles. The molecule has 3 rings (SSSR count). The van der Waals surface area contributed by atoms with Crippen LogP contribution in [0.3, 0.4) is 0 Å². The van der Waals surface area contributed by atoms with E-state index < -0.39 is 0 Å². The van der Waals surface area contributed by atoms with E-state index in [0.717, 1.165) is 30.9 Å². The second-order valence-corrected chi connectivity index (χ2v) is 5.63. The van der Waals surface area contributed by atoms with Gasteiger partial charge < -0.3 is 10.2 Å². The van der Waals surface area contributed by atoms with Crippen molar-refractivity contribution in [1.29, 1.82) is 0 Å². The van der Waals surface area contributed by atoms with Crippen molar-refractivity contribution in [1.82, 2.24) is 20.0 Å². The van der Waals surface area contributed by atoms with Crippen LogP contribution in [0.25, 0.3) is 0 Å². The van der Waals surface area contributed by atoms with E-state index in [1.165, 1.54) is 5.56 Å². The standard InChI is InChI=1S/C17H22N4O.ClH/c1-3-21-13(2)15(11-19-21)17(22)20-10-9-18-16(12-20)14-7-5-4-6-8-14;/h4-8,11,16,18H,3,9-10,12H2,1-2H3;1H. The molecule has 1 atom stereocenters. The molecule has 0 saturated carbocycles. The van der Waals surface area contributed by atoms with Gasteiger partial charge in [-0.2, -0.15) is 5.10 Å². The zero-order chi connectivity index (χ0) is 15.5. The first kappa shape index (κ1) is 17.5. The number of nitrogens with zero attached hydrogens (tertiary/aromatic N) is 3. The summed E-state index contributed by atoms with van der Waals surface area (Å²) >= 11 is 0. The second-order valence-electron chi connectivity index (χ2n) is 5.63. The number of carbonyl (C=O) groups is 1. The minimum absolute atomic E-state index is 0. The number of carbonyl (C=O) groups excluding carboxylic acids is 1. The lowest BCUT2D eigenvalue weighted by molar-refractivity contribution is 0.0702. The van der Waals surface area contributed by atoms with Crippen LogP contribution < -0.4 is 5.32 Å². The van der Waals surface area contributed by atoms with Gasteiger partial charge in [0.05, 0.1) is 11.8 Å². The predicted molar refractivity (Wildman–Crippen MR) is 93.0 cm³/mol. The van der Waals surface area contributed by atoms with E-state index in [-0.39, 0.29) is 24.4 Å². The number of aromatic nitrogens is 2. The Bertz CT molecular complexity index is 656.